The Kier molecular flexibility index (Phi) is 8.59. The van der Waals surface area contributed by atoms with Gasteiger partial charge in [0.15, 0.2) is 0 Å². The molecule has 0 aliphatic carbocycles. The number of hydrogen-bond donors (Lipinski definition) is 3. The number of urea groups is 1. The van der Waals surface area contributed by atoms with Gasteiger partial charge in [-0.1, -0.05) is 78.9 Å². The minimum atomic E-state index is -1.10. The summed E-state index contributed by atoms with van der Waals surface area (Å²) in [5.41, 5.74) is 11.1. The molecule has 1 fully saturated rings. The summed E-state index contributed by atoms with van der Waals surface area (Å²) in [4.78, 5) is 43.2. The summed E-state index contributed by atoms with van der Waals surface area (Å²) in [5, 5.41) is 8.25. The highest BCUT2D eigenvalue weighted by Gasteiger charge is 2.34. The van der Waals surface area contributed by atoms with Crippen LogP contribution in [0.25, 0.3) is 21.9 Å². The van der Waals surface area contributed by atoms with Crippen LogP contribution in [0.4, 0.5) is 10.5 Å². The van der Waals surface area contributed by atoms with Gasteiger partial charge in [0.05, 0.1) is 12.1 Å². The normalized spacial score (nSPS) is 16.8. The first kappa shape index (κ1) is 30.3. The maximum Gasteiger partial charge on any atom is 0.317 e. The van der Waals surface area contributed by atoms with Crippen LogP contribution in [0.5, 0.6) is 0 Å². The average molecular weight is 604 g/mol. The average Bonchev–Trinajstić information content (AvgIpc) is 3.55. The van der Waals surface area contributed by atoms with E-state index in [1.165, 1.54) is 0 Å². The topological polar surface area (TPSA) is 108 Å². The molecule has 2 heterocycles. The van der Waals surface area contributed by atoms with Crippen molar-refractivity contribution in [2.45, 2.75) is 64.2 Å². The van der Waals surface area contributed by atoms with Gasteiger partial charge in [0.1, 0.15) is 6.04 Å². The third kappa shape index (κ3) is 6.56. The number of aryl methyl sites for hydroxylation is 1. The van der Waals surface area contributed by atoms with Crippen molar-refractivity contribution in [3.63, 3.8) is 0 Å². The van der Waals surface area contributed by atoms with Gasteiger partial charge in [-0.25, -0.2) is 4.79 Å². The predicted molar refractivity (Wildman–Crippen MR) is 179 cm³/mol. The number of nitrogens with zero attached hydrogens (tertiary/aromatic N) is 2. The van der Waals surface area contributed by atoms with Crippen LogP contribution in [-0.4, -0.2) is 47.4 Å². The van der Waals surface area contributed by atoms with Crippen LogP contribution in [-0.2, 0) is 29.1 Å². The second-order valence-electron chi connectivity index (χ2n) is 12.7. The van der Waals surface area contributed by atoms with Gasteiger partial charge in [-0.3, -0.25) is 9.59 Å². The van der Waals surface area contributed by atoms with E-state index in [4.69, 9.17) is 5.73 Å². The van der Waals surface area contributed by atoms with E-state index >= 15 is 0 Å². The second-order valence-corrected chi connectivity index (χ2v) is 12.7. The Labute approximate surface area is 264 Å². The highest BCUT2D eigenvalue weighted by Crippen LogP contribution is 2.35. The van der Waals surface area contributed by atoms with Crippen molar-refractivity contribution in [2.24, 2.45) is 5.73 Å². The van der Waals surface area contributed by atoms with Crippen molar-refractivity contribution >= 4 is 34.3 Å². The van der Waals surface area contributed by atoms with Gasteiger partial charge in [0.2, 0.25) is 11.8 Å². The number of benzene rings is 4. The summed E-state index contributed by atoms with van der Waals surface area (Å²) in [6.07, 6.45) is 3.26. The van der Waals surface area contributed by atoms with E-state index < -0.39 is 11.6 Å². The van der Waals surface area contributed by atoms with E-state index in [-0.39, 0.29) is 17.8 Å². The van der Waals surface area contributed by atoms with E-state index in [9.17, 15) is 14.4 Å². The fraction of sp³-hybridized carbons (Fsp3) is 0.324. The molecule has 45 heavy (non-hydrogen) atoms. The number of hydrogen-bond acceptors (Lipinski definition) is 4. The molecule has 0 radical (unpaired) electrons. The monoisotopic (exact) mass is 603 g/mol. The molecule has 2 aliphatic heterocycles. The Bertz CT molecular complexity index is 1720. The Hall–Kier alpha value is -4.69. The van der Waals surface area contributed by atoms with Gasteiger partial charge in [-0.15, -0.1) is 0 Å². The molecule has 1 saturated heterocycles. The lowest BCUT2D eigenvalue weighted by molar-refractivity contribution is -0.130. The largest absolute Gasteiger partial charge is 0.343 e. The van der Waals surface area contributed by atoms with Crippen molar-refractivity contribution in [1.82, 2.24) is 15.5 Å². The molecule has 8 nitrogen and oxygen atoms in total. The summed E-state index contributed by atoms with van der Waals surface area (Å²) in [6.45, 7) is 5.72. The molecule has 4 aromatic carbocycles. The standard InChI is InChI=1S/C37H41N5O3/c1-37(2,38)35(44)40-32-19-18-31-30-12-6-3-9-26(30)17-20-33(31)42(34(32)43)24-25-13-15-27(16-14-25)29-11-5-4-10-28(29)23-39-36(45)41-21-7-8-22-41/h3-6,9-17,20,32H,7-8,18-19,21-24,38H2,1-2H3,(H,39,45)(H,40,44)/t32-/m1/s1. The molecule has 232 valence electrons. The van der Waals surface area contributed by atoms with Gasteiger partial charge < -0.3 is 26.2 Å². The van der Waals surface area contributed by atoms with E-state index in [0.717, 1.165) is 70.2 Å². The zero-order valence-corrected chi connectivity index (χ0v) is 26.0. The molecular weight excluding hydrogens is 562 g/mol. The van der Waals surface area contributed by atoms with Crippen LogP contribution >= 0.6 is 0 Å². The molecule has 0 unspecified atom stereocenters. The second kappa shape index (κ2) is 12.7. The summed E-state index contributed by atoms with van der Waals surface area (Å²) < 4.78 is 0. The van der Waals surface area contributed by atoms with Crippen LogP contribution in [0.3, 0.4) is 0 Å². The summed E-state index contributed by atoms with van der Waals surface area (Å²) in [6, 6.07) is 27.9. The number of nitrogens with one attached hydrogen (secondary N) is 2. The van der Waals surface area contributed by atoms with Gasteiger partial charge >= 0.3 is 6.03 Å². The molecule has 2 aliphatic rings. The van der Waals surface area contributed by atoms with Crippen molar-refractivity contribution in [3.05, 3.63) is 102 Å². The van der Waals surface area contributed by atoms with Crippen molar-refractivity contribution in [1.29, 1.82) is 0 Å². The molecule has 0 aromatic heterocycles. The number of likely N-dealkylation sites (tertiary alicyclic amines) is 1. The first-order valence-corrected chi connectivity index (χ1v) is 15.8. The quantitative estimate of drug-likeness (QED) is 0.259. The van der Waals surface area contributed by atoms with Crippen LogP contribution in [0.2, 0.25) is 0 Å². The number of nitrogens with two attached hydrogens (primary N) is 1. The number of fused-ring (bicyclic) bond motifs is 3. The van der Waals surface area contributed by atoms with Gasteiger partial charge in [0, 0.05) is 25.3 Å². The SMILES string of the molecule is CC(C)(N)C(=O)N[C@@H]1CCc2c(ccc3ccccc23)N(Cc2ccc(-c3ccccc3CNC(=O)N3CCCC3)cc2)C1=O. The number of carbonyl (C=O) groups excluding carboxylic acids is 3. The third-order valence-electron chi connectivity index (χ3n) is 8.89. The van der Waals surface area contributed by atoms with Crippen LogP contribution < -0.4 is 21.3 Å². The fourth-order valence-electron chi connectivity index (χ4n) is 6.33. The Morgan fingerprint density at radius 3 is 2.38 bits per heavy atom. The van der Waals surface area contributed by atoms with E-state index in [1.807, 2.05) is 53.4 Å². The molecule has 0 spiro atoms. The molecule has 4 aromatic rings. The van der Waals surface area contributed by atoms with Crippen molar-refractivity contribution < 1.29 is 14.4 Å². The maximum absolute atomic E-state index is 14.1. The molecule has 0 bridgehead atoms. The van der Waals surface area contributed by atoms with E-state index in [2.05, 4.69) is 47.0 Å². The van der Waals surface area contributed by atoms with E-state index in [0.29, 0.717) is 25.9 Å². The maximum atomic E-state index is 14.1. The first-order chi connectivity index (χ1) is 21.7. The van der Waals surface area contributed by atoms with Crippen LogP contribution in [0.15, 0.2) is 84.9 Å². The highest BCUT2D eigenvalue weighted by atomic mass is 16.2. The minimum absolute atomic E-state index is 0.0163. The number of anilines is 1. The molecule has 8 heteroatoms. The molecule has 1 atom stereocenters. The highest BCUT2D eigenvalue weighted by molar-refractivity contribution is 6.04. The van der Waals surface area contributed by atoms with Crippen molar-refractivity contribution in [2.75, 3.05) is 18.0 Å². The van der Waals surface area contributed by atoms with Gasteiger partial charge in [0.25, 0.3) is 0 Å². The Morgan fingerprint density at radius 2 is 1.62 bits per heavy atom. The number of carbonyl (C=O) groups is 3. The van der Waals surface area contributed by atoms with Gasteiger partial charge in [-0.2, -0.15) is 0 Å². The number of rotatable bonds is 7. The van der Waals surface area contributed by atoms with Crippen LogP contribution in [0, 0.1) is 0 Å². The smallest absolute Gasteiger partial charge is 0.317 e. The molecule has 4 N–H and O–H groups in total. The zero-order chi connectivity index (χ0) is 31.6. The molecule has 4 amide bonds. The number of amides is 4. The minimum Gasteiger partial charge on any atom is -0.343 e. The summed E-state index contributed by atoms with van der Waals surface area (Å²) >= 11 is 0. The Balaban J connectivity index is 1.26. The summed E-state index contributed by atoms with van der Waals surface area (Å²) in [5.74, 6) is -0.499. The Morgan fingerprint density at radius 1 is 0.911 bits per heavy atom. The lowest BCUT2D eigenvalue weighted by Gasteiger charge is -2.28. The lowest BCUT2D eigenvalue weighted by Crippen LogP contribution is -2.56. The predicted octanol–water partition coefficient (Wildman–Crippen LogP) is 5.51. The lowest BCUT2D eigenvalue weighted by atomic mass is 9.97. The van der Waals surface area contributed by atoms with Crippen molar-refractivity contribution in [3.8, 4) is 11.1 Å². The van der Waals surface area contributed by atoms with Gasteiger partial charge in [-0.05, 0) is 84.2 Å². The molecular formula is C37H41N5O3. The van der Waals surface area contributed by atoms with E-state index in [1.54, 1.807) is 18.7 Å². The summed E-state index contributed by atoms with van der Waals surface area (Å²) in [7, 11) is 0. The first-order valence-electron chi connectivity index (χ1n) is 15.8. The van der Waals surface area contributed by atoms with Crippen LogP contribution in [0.1, 0.15) is 49.8 Å². The third-order valence-corrected chi connectivity index (χ3v) is 8.89. The molecule has 0 saturated carbocycles. The molecule has 6 rings (SSSR count). The zero-order valence-electron chi connectivity index (χ0n) is 26.0. The fourth-order valence-corrected chi connectivity index (χ4v) is 6.33.